The number of unbranched alkanes of at least 4 members (excludes halogenated alkanes) is 1. The van der Waals surface area contributed by atoms with Gasteiger partial charge < -0.3 is 5.11 Å². The first kappa shape index (κ1) is 12.0. The Morgan fingerprint density at radius 3 is 2.68 bits per heavy atom. The lowest BCUT2D eigenvalue weighted by Crippen LogP contribution is -2.44. The predicted octanol–water partition coefficient (Wildman–Crippen LogP) is 3.73. The van der Waals surface area contributed by atoms with Crippen molar-refractivity contribution in [1.29, 1.82) is 0 Å². The molecule has 2 nitrogen and oxygen atoms in total. The number of carbonyl (C=O) groups is 1. The van der Waals surface area contributed by atoms with Crippen LogP contribution in [-0.4, -0.2) is 11.1 Å². The highest BCUT2D eigenvalue weighted by atomic mass is 16.4. The Morgan fingerprint density at radius 1 is 1.26 bits per heavy atom. The summed E-state index contributed by atoms with van der Waals surface area (Å²) in [6.07, 6.45) is 11.5. The molecule has 0 saturated heterocycles. The van der Waals surface area contributed by atoms with Crippen LogP contribution in [-0.2, 0) is 4.79 Å². The number of aliphatic carboxylic acids is 1. The summed E-state index contributed by atoms with van der Waals surface area (Å²) in [4.78, 5) is 12.0. The van der Waals surface area contributed by atoms with Crippen molar-refractivity contribution in [3.8, 4) is 0 Å². The Hall–Kier alpha value is -0.790. The average molecular weight is 260 g/mol. The Bertz CT molecular complexity index is 441. The smallest absolute Gasteiger partial charge is 0.309 e. The zero-order valence-electron chi connectivity index (χ0n) is 11.7. The molecule has 4 rings (SSSR count). The van der Waals surface area contributed by atoms with E-state index in [0.29, 0.717) is 23.7 Å². The Kier molecular flexibility index (Phi) is 2.44. The molecule has 4 aliphatic rings. The summed E-state index contributed by atoms with van der Waals surface area (Å²) in [5.74, 6) is 3.76. The molecule has 0 aromatic carbocycles. The number of fused-ring (bicyclic) bond motifs is 9. The molecular weight excluding hydrogens is 236 g/mol. The van der Waals surface area contributed by atoms with Gasteiger partial charge in [-0.25, -0.2) is 0 Å². The van der Waals surface area contributed by atoms with Gasteiger partial charge in [0.1, 0.15) is 0 Å². The van der Waals surface area contributed by atoms with Gasteiger partial charge in [0, 0.05) is 0 Å². The molecule has 2 heteroatoms. The summed E-state index contributed by atoms with van der Waals surface area (Å²) in [5, 5.41) is 9.88. The molecule has 0 aromatic heterocycles. The second kappa shape index (κ2) is 3.86. The lowest BCUT2D eigenvalue weighted by molar-refractivity contribution is -0.156. The molecule has 19 heavy (non-hydrogen) atoms. The van der Waals surface area contributed by atoms with Crippen LogP contribution in [0.2, 0.25) is 0 Å². The van der Waals surface area contributed by atoms with Crippen molar-refractivity contribution in [2.75, 3.05) is 0 Å². The van der Waals surface area contributed by atoms with E-state index in [1.807, 2.05) is 0 Å². The van der Waals surface area contributed by atoms with E-state index in [0.717, 1.165) is 37.5 Å². The van der Waals surface area contributed by atoms with Crippen LogP contribution in [0.3, 0.4) is 0 Å². The second-order valence-electron chi connectivity index (χ2n) is 7.47. The highest BCUT2D eigenvalue weighted by molar-refractivity contribution is 5.76. The molecule has 0 radical (unpaired) electrons. The van der Waals surface area contributed by atoms with E-state index in [2.05, 4.69) is 19.1 Å². The van der Waals surface area contributed by atoms with E-state index in [4.69, 9.17) is 0 Å². The summed E-state index contributed by atoms with van der Waals surface area (Å²) in [6.45, 7) is 2.17. The number of rotatable bonds is 4. The molecule has 3 saturated carbocycles. The first-order valence-corrected chi connectivity index (χ1v) is 8.09. The summed E-state index contributed by atoms with van der Waals surface area (Å²) in [5.41, 5.74) is -0.361. The number of allylic oxidation sites excluding steroid dienone is 2. The number of hydrogen-bond donors (Lipinski definition) is 1. The third-order valence-electron chi connectivity index (χ3n) is 6.89. The van der Waals surface area contributed by atoms with Gasteiger partial charge in [-0.05, 0) is 61.2 Å². The van der Waals surface area contributed by atoms with E-state index in [1.165, 1.54) is 12.8 Å². The van der Waals surface area contributed by atoms with Gasteiger partial charge in [-0.1, -0.05) is 31.9 Å². The van der Waals surface area contributed by atoms with E-state index >= 15 is 0 Å². The normalized spacial score (nSPS) is 52.9. The molecule has 4 aliphatic carbocycles. The maximum Gasteiger partial charge on any atom is 0.309 e. The minimum Gasteiger partial charge on any atom is -0.481 e. The fraction of sp³-hybridized carbons (Fsp3) is 0.824. The molecule has 104 valence electrons. The molecule has 4 bridgehead atoms. The summed E-state index contributed by atoms with van der Waals surface area (Å²) < 4.78 is 0. The molecule has 7 unspecified atom stereocenters. The minimum absolute atomic E-state index is 0.361. The van der Waals surface area contributed by atoms with E-state index in [-0.39, 0.29) is 5.41 Å². The van der Waals surface area contributed by atoms with Crippen LogP contribution >= 0.6 is 0 Å². The first-order chi connectivity index (χ1) is 9.17. The number of carboxylic acids is 1. The van der Waals surface area contributed by atoms with Crippen LogP contribution in [0.4, 0.5) is 0 Å². The van der Waals surface area contributed by atoms with Gasteiger partial charge in [0.25, 0.3) is 0 Å². The van der Waals surface area contributed by atoms with Gasteiger partial charge in [0.05, 0.1) is 5.41 Å². The van der Waals surface area contributed by atoms with Crippen LogP contribution in [0.25, 0.3) is 0 Å². The van der Waals surface area contributed by atoms with Crippen LogP contribution in [0.1, 0.15) is 45.4 Å². The monoisotopic (exact) mass is 260 g/mol. The molecule has 0 spiro atoms. The van der Waals surface area contributed by atoms with Crippen LogP contribution in [0.5, 0.6) is 0 Å². The largest absolute Gasteiger partial charge is 0.481 e. The molecule has 0 aliphatic heterocycles. The van der Waals surface area contributed by atoms with Gasteiger partial charge in [-0.15, -0.1) is 0 Å². The van der Waals surface area contributed by atoms with Crippen molar-refractivity contribution in [2.45, 2.75) is 45.4 Å². The number of carboxylic acid groups (broad SMARTS) is 1. The van der Waals surface area contributed by atoms with Gasteiger partial charge in [0.2, 0.25) is 0 Å². The molecule has 7 atom stereocenters. The number of hydrogen-bond acceptors (Lipinski definition) is 1. The molecule has 0 aromatic rings. The van der Waals surface area contributed by atoms with Crippen molar-refractivity contribution in [3.05, 3.63) is 12.2 Å². The second-order valence-corrected chi connectivity index (χ2v) is 7.47. The van der Waals surface area contributed by atoms with Crippen molar-refractivity contribution >= 4 is 5.97 Å². The summed E-state index contributed by atoms with van der Waals surface area (Å²) >= 11 is 0. The van der Waals surface area contributed by atoms with E-state index in [1.54, 1.807) is 0 Å². The predicted molar refractivity (Wildman–Crippen MR) is 73.5 cm³/mol. The van der Waals surface area contributed by atoms with Gasteiger partial charge in [-0.2, -0.15) is 0 Å². The van der Waals surface area contributed by atoms with Crippen molar-refractivity contribution in [1.82, 2.24) is 0 Å². The lowest BCUT2D eigenvalue weighted by atomic mass is 9.60. The Morgan fingerprint density at radius 2 is 2.00 bits per heavy atom. The van der Waals surface area contributed by atoms with E-state index in [9.17, 15) is 9.90 Å². The van der Waals surface area contributed by atoms with Gasteiger partial charge in [0.15, 0.2) is 0 Å². The molecular formula is C17H24O2. The molecule has 3 fully saturated rings. The first-order valence-electron chi connectivity index (χ1n) is 8.09. The Balaban J connectivity index is 1.67. The highest BCUT2D eigenvalue weighted by Gasteiger charge is 2.67. The van der Waals surface area contributed by atoms with Crippen LogP contribution in [0, 0.1) is 40.9 Å². The Labute approximate surface area is 115 Å². The maximum atomic E-state index is 12.0. The minimum atomic E-state index is -0.487. The maximum absolute atomic E-state index is 12.0. The standard InChI is InChI=1S/C17H24O2/c1-2-3-6-17(16(18)19)9-12-8-13(17)15-11-5-4-10(7-11)14(12)15/h4-5,10-15H,2-3,6-9H2,1H3,(H,18,19). The third-order valence-corrected chi connectivity index (χ3v) is 6.89. The van der Waals surface area contributed by atoms with Crippen molar-refractivity contribution in [3.63, 3.8) is 0 Å². The van der Waals surface area contributed by atoms with Crippen LogP contribution < -0.4 is 0 Å². The average Bonchev–Trinajstić information content (AvgIpc) is 3.12. The molecule has 0 amide bonds. The third kappa shape index (κ3) is 1.35. The fourth-order valence-electron chi connectivity index (χ4n) is 6.33. The lowest BCUT2D eigenvalue weighted by Gasteiger charge is -2.43. The van der Waals surface area contributed by atoms with E-state index < -0.39 is 5.97 Å². The summed E-state index contributed by atoms with van der Waals surface area (Å²) in [6, 6.07) is 0. The zero-order valence-corrected chi connectivity index (χ0v) is 11.7. The quantitative estimate of drug-likeness (QED) is 0.618. The molecule has 0 heterocycles. The van der Waals surface area contributed by atoms with Crippen molar-refractivity contribution in [2.24, 2.45) is 40.9 Å². The fourth-order valence-corrected chi connectivity index (χ4v) is 6.33. The van der Waals surface area contributed by atoms with Crippen molar-refractivity contribution < 1.29 is 9.90 Å². The summed E-state index contributed by atoms with van der Waals surface area (Å²) in [7, 11) is 0. The molecule has 1 N–H and O–H groups in total. The SMILES string of the molecule is CCCCC1(C(=O)O)CC2CC1C1C3C=CC(C3)C21. The topological polar surface area (TPSA) is 37.3 Å². The highest BCUT2D eigenvalue weighted by Crippen LogP contribution is 2.71. The van der Waals surface area contributed by atoms with Crippen LogP contribution in [0.15, 0.2) is 12.2 Å². The van der Waals surface area contributed by atoms with Gasteiger partial charge in [-0.3, -0.25) is 4.79 Å². The van der Waals surface area contributed by atoms with Gasteiger partial charge >= 0.3 is 5.97 Å². The zero-order chi connectivity index (χ0) is 13.2.